The number of hydrogen-bond donors (Lipinski definition) is 1. The van der Waals surface area contributed by atoms with E-state index in [9.17, 15) is 22.4 Å². The number of halogens is 4. The maximum atomic E-state index is 13.7. The molecule has 0 radical (unpaired) electrons. The van der Waals surface area contributed by atoms with Crippen LogP contribution in [0.25, 0.3) is 0 Å². The molecule has 0 fully saturated rings. The summed E-state index contributed by atoms with van der Waals surface area (Å²) in [6.45, 7) is 7.44. The zero-order valence-corrected chi connectivity index (χ0v) is 17.6. The number of rotatable bonds is 3. The van der Waals surface area contributed by atoms with E-state index in [0.29, 0.717) is 29.1 Å². The molecule has 2 heterocycles. The van der Waals surface area contributed by atoms with E-state index in [4.69, 9.17) is 0 Å². The number of dihydropyridines is 1. The predicted molar refractivity (Wildman–Crippen MR) is 114 cm³/mol. The second-order valence-electron chi connectivity index (χ2n) is 7.66. The van der Waals surface area contributed by atoms with Gasteiger partial charge in [-0.3, -0.25) is 9.69 Å². The Balaban J connectivity index is 1.90. The highest BCUT2D eigenvalue weighted by molar-refractivity contribution is 6.04. The average Bonchev–Trinajstić information content (AvgIpc) is 2.74. The van der Waals surface area contributed by atoms with Crippen LogP contribution in [0.2, 0.25) is 0 Å². The van der Waals surface area contributed by atoms with Gasteiger partial charge in [-0.15, -0.1) is 0 Å². The van der Waals surface area contributed by atoms with Crippen molar-refractivity contribution < 1.29 is 22.4 Å². The van der Waals surface area contributed by atoms with Crippen molar-refractivity contribution in [3.63, 3.8) is 0 Å². The van der Waals surface area contributed by atoms with Gasteiger partial charge in [0.25, 0.3) is 5.91 Å². The van der Waals surface area contributed by atoms with Gasteiger partial charge in [0.15, 0.2) is 0 Å². The Hall–Kier alpha value is -3.55. The van der Waals surface area contributed by atoms with Crippen molar-refractivity contribution in [3.05, 3.63) is 94.7 Å². The molecule has 0 atom stereocenters. The summed E-state index contributed by atoms with van der Waals surface area (Å²) in [4.78, 5) is 16.5. The zero-order chi connectivity index (χ0) is 23.2. The number of nitrogens with zero attached hydrogens (tertiary/aromatic N) is 2. The lowest BCUT2D eigenvalue weighted by molar-refractivity contribution is -0.137. The first-order valence-corrected chi connectivity index (χ1v) is 10.0. The van der Waals surface area contributed by atoms with Gasteiger partial charge in [-0.05, 0) is 67.5 Å². The number of anilines is 2. The van der Waals surface area contributed by atoms with Gasteiger partial charge in [-0.1, -0.05) is 13.5 Å². The van der Waals surface area contributed by atoms with Gasteiger partial charge >= 0.3 is 6.18 Å². The van der Waals surface area contributed by atoms with Gasteiger partial charge in [-0.2, -0.15) is 13.2 Å². The van der Waals surface area contributed by atoms with Crippen molar-refractivity contribution in [2.45, 2.75) is 26.4 Å². The minimum atomic E-state index is -4.56. The second-order valence-corrected chi connectivity index (χ2v) is 7.66. The van der Waals surface area contributed by atoms with Crippen molar-refractivity contribution in [1.82, 2.24) is 10.2 Å². The van der Waals surface area contributed by atoms with Crippen LogP contribution in [-0.4, -0.2) is 17.5 Å². The molecule has 2 aliphatic heterocycles. The molecule has 4 rings (SSSR count). The van der Waals surface area contributed by atoms with Gasteiger partial charge in [0.05, 0.1) is 22.5 Å². The van der Waals surface area contributed by atoms with Crippen molar-refractivity contribution in [2.24, 2.45) is 0 Å². The molecular formula is C24H21F4N3O. The Bertz CT molecular complexity index is 1180. The number of carbonyl (C=O) groups excluding carboxylic acids is 1. The summed E-state index contributed by atoms with van der Waals surface area (Å²) in [6, 6.07) is 7.14. The summed E-state index contributed by atoms with van der Waals surface area (Å²) in [6.07, 6.45) is -0.469. The largest absolute Gasteiger partial charge is 0.416 e. The molecule has 4 nitrogen and oxygen atoms in total. The number of allylic oxidation sites excluding steroid dienone is 3. The molecule has 166 valence electrons. The summed E-state index contributed by atoms with van der Waals surface area (Å²) in [5.74, 6) is -0.862. The van der Waals surface area contributed by atoms with Crippen LogP contribution in [0.3, 0.4) is 0 Å². The highest BCUT2D eigenvalue weighted by Crippen LogP contribution is 2.41. The molecule has 0 spiro atoms. The summed E-state index contributed by atoms with van der Waals surface area (Å²) in [5, 5.41) is 3.15. The summed E-state index contributed by atoms with van der Waals surface area (Å²) in [5.41, 5.74) is 2.53. The van der Waals surface area contributed by atoms with E-state index in [1.54, 1.807) is 24.0 Å². The van der Waals surface area contributed by atoms with Crippen LogP contribution in [0.15, 0.2) is 72.2 Å². The van der Waals surface area contributed by atoms with Crippen LogP contribution >= 0.6 is 0 Å². The maximum Gasteiger partial charge on any atom is 0.416 e. The standard InChI is InChI=1S/C24H21F4N3O/c1-4-19-21(9-5-15(3)29-19)31-13-30(20-10-7-17(25)11-14(20)2)22-12-16(24(26,27)28)6-8-18(22)23(31)32/h5-12,29H,3-4,13H2,1-2H3. The smallest absolute Gasteiger partial charge is 0.358 e. The van der Waals surface area contributed by atoms with Crippen LogP contribution in [-0.2, 0) is 6.18 Å². The van der Waals surface area contributed by atoms with Crippen LogP contribution in [0, 0.1) is 12.7 Å². The van der Waals surface area contributed by atoms with E-state index in [2.05, 4.69) is 11.9 Å². The topological polar surface area (TPSA) is 35.6 Å². The Morgan fingerprint density at radius 2 is 1.81 bits per heavy atom. The molecule has 0 saturated heterocycles. The van der Waals surface area contributed by atoms with E-state index in [-0.39, 0.29) is 17.9 Å². The fraction of sp³-hybridized carbons (Fsp3) is 0.208. The molecule has 0 saturated carbocycles. The van der Waals surface area contributed by atoms with Crippen LogP contribution in [0.5, 0.6) is 0 Å². The molecule has 2 aliphatic rings. The second kappa shape index (κ2) is 7.85. The monoisotopic (exact) mass is 443 g/mol. The average molecular weight is 443 g/mol. The SMILES string of the molecule is C=C1C=CC(N2CN(c3ccc(F)cc3C)c3cc(C(F)(F)F)ccc3C2=O)=C(CC)N1. The van der Waals surface area contributed by atoms with Gasteiger partial charge < -0.3 is 10.2 Å². The van der Waals surface area contributed by atoms with Crippen LogP contribution in [0.1, 0.15) is 34.8 Å². The molecule has 2 aromatic rings. The van der Waals surface area contributed by atoms with Crippen molar-refractivity contribution in [1.29, 1.82) is 0 Å². The normalized spacial score (nSPS) is 16.4. The fourth-order valence-electron chi connectivity index (χ4n) is 3.95. The van der Waals surface area contributed by atoms with Gasteiger partial charge in [0.1, 0.15) is 12.5 Å². The van der Waals surface area contributed by atoms with Gasteiger partial charge in [0, 0.05) is 17.1 Å². The van der Waals surface area contributed by atoms with Crippen LogP contribution in [0.4, 0.5) is 28.9 Å². The number of hydrogen-bond acceptors (Lipinski definition) is 3. The molecule has 8 heteroatoms. The first-order chi connectivity index (χ1) is 15.1. The summed E-state index contributed by atoms with van der Waals surface area (Å²) >= 11 is 0. The third kappa shape index (κ3) is 3.77. The zero-order valence-electron chi connectivity index (χ0n) is 17.6. The molecule has 32 heavy (non-hydrogen) atoms. The van der Waals surface area contributed by atoms with E-state index < -0.39 is 23.5 Å². The first-order valence-electron chi connectivity index (χ1n) is 10.0. The van der Waals surface area contributed by atoms with Crippen molar-refractivity contribution in [3.8, 4) is 0 Å². The molecule has 1 N–H and O–H groups in total. The lowest BCUT2D eigenvalue weighted by Crippen LogP contribution is -2.45. The number of amides is 1. The van der Waals surface area contributed by atoms with Crippen molar-refractivity contribution >= 4 is 17.3 Å². The van der Waals surface area contributed by atoms with Crippen LogP contribution < -0.4 is 10.2 Å². The number of benzene rings is 2. The molecule has 0 aliphatic carbocycles. The number of alkyl halides is 3. The van der Waals surface area contributed by atoms with E-state index in [1.165, 1.54) is 29.2 Å². The quantitative estimate of drug-likeness (QED) is 0.591. The first kappa shape index (κ1) is 21.7. The highest BCUT2D eigenvalue weighted by atomic mass is 19.4. The Morgan fingerprint density at radius 3 is 2.47 bits per heavy atom. The maximum absolute atomic E-state index is 13.7. The van der Waals surface area contributed by atoms with Gasteiger partial charge in [0.2, 0.25) is 0 Å². The summed E-state index contributed by atoms with van der Waals surface area (Å²) < 4.78 is 54.0. The molecule has 1 amide bonds. The van der Waals surface area contributed by atoms with E-state index >= 15 is 0 Å². The number of fused-ring (bicyclic) bond motifs is 1. The number of aryl methyl sites for hydroxylation is 1. The van der Waals surface area contributed by atoms with Gasteiger partial charge in [-0.25, -0.2) is 4.39 Å². The Kier molecular flexibility index (Phi) is 5.32. The molecule has 0 unspecified atom stereocenters. The van der Waals surface area contributed by atoms with E-state index in [0.717, 1.165) is 17.8 Å². The minimum Gasteiger partial charge on any atom is -0.358 e. The number of carbonyl (C=O) groups is 1. The number of nitrogens with one attached hydrogen (secondary N) is 1. The predicted octanol–water partition coefficient (Wildman–Crippen LogP) is 6.00. The minimum absolute atomic E-state index is 0.0308. The molecular weight excluding hydrogens is 422 g/mol. The third-order valence-corrected chi connectivity index (χ3v) is 5.53. The Morgan fingerprint density at radius 1 is 1.06 bits per heavy atom. The summed E-state index contributed by atoms with van der Waals surface area (Å²) in [7, 11) is 0. The van der Waals surface area contributed by atoms with E-state index in [1.807, 2.05) is 6.92 Å². The third-order valence-electron chi connectivity index (χ3n) is 5.53. The molecule has 0 bridgehead atoms. The lowest BCUT2D eigenvalue weighted by atomic mass is 10.0. The fourth-order valence-corrected chi connectivity index (χ4v) is 3.95. The highest BCUT2D eigenvalue weighted by Gasteiger charge is 2.37. The molecule has 2 aromatic carbocycles. The molecule has 0 aromatic heterocycles. The van der Waals surface area contributed by atoms with Crippen molar-refractivity contribution in [2.75, 3.05) is 11.6 Å². The Labute approximate surface area is 183 Å². The lowest BCUT2D eigenvalue weighted by Gasteiger charge is -2.40.